The molecule has 3 aromatic heterocycles. The second-order valence-corrected chi connectivity index (χ2v) is 15.7. The van der Waals surface area contributed by atoms with Crippen molar-refractivity contribution in [1.29, 1.82) is 0 Å². The summed E-state index contributed by atoms with van der Waals surface area (Å²) >= 11 is 1.84. The maximum atomic E-state index is 5.28. The van der Waals surface area contributed by atoms with Crippen molar-refractivity contribution in [2.24, 2.45) is 0 Å². The second-order valence-electron chi connectivity index (χ2n) is 14.6. The van der Waals surface area contributed by atoms with Crippen LogP contribution in [0.2, 0.25) is 0 Å². The standard InChI is InChI=1S/C54H34N4S/c1-4-12-35(13-5-1)37-20-26-41(27-21-37)52-56-53(42-28-22-38(23-29-42)36-14-6-2-7-15-36)58-54(57-52)43-30-24-39(25-31-43)44-32-33-47-46(34-44)51-49(45-18-10-11-19-48(45)59-51)50(55-47)40-16-8-3-9-17-40/h1-34H. The fraction of sp³-hybridized carbons (Fsp3) is 0. The molecule has 0 aliphatic heterocycles. The number of aromatic nitrogens is 4. The molecule has 0 radical (unpaired) electrons. The monoisotopic (exact) mass is 770 g/mol. The molecule has 0 saturated carbocycles. The fourth-order valence-electron chi connectivity index (χ4n) is 7.91. The van der Waals surface area contributed by atoms with Gasteiger partial charge in [-0.05, 0) is 51.6 Å². The zero-order chi connectivity index (χ0) is 39.1. The number of benzene rings is 8. The molecule has 11 rings (SSSR count). The number of rotatable bonds is 7. The minimum Gasteiger partial charge on any atom is -0.247 e. The van der Waals surface area contributed by atoms with E-state index in [1.54, 1.807) is 0 Å². The summed E-state index contributed by atoms with van der Waals surface area (Å²) in [6.07, 6.45) is 0. The molecule has 0 aliphatic carbocycles. The first-order valence-electron chi connectivity index (χ1n) is 19.7. The van der Waals surface area contributed by atoms with Crippen LogP contribution >= 0.6 is 11.3 Å². The molecule has 4 nitrogen and oxygen atoms in total. The molecule has 0 aliphatic rings. The highest BCUT2D eigenvalue weighted by Crippen LogP contribution is 2.43. The van der Waals surface area contributed by atoms with E-state index in [4.69, 9.17) is 19.9 Å². The van der Waals surface area contributed by atoms with Gasteiger partial charge < -0.3 is 0 Å². The molecule has 276 valence electrons. The van der Waals surface area contributed by atoms with Crippen LogP contribution in [0.25, 0.3) is 110 Å². The van der Waals surface area contributed by atoms with Gasteiger partial charge in [-0.15, -0.1) is 11.3 Å². The Kier molecular flexibility index (Phi) is 8.64. The average molecular weight is 771 g/mol. The second kappa shape index (κ2) is 14.7. The SMILES string of the molecule is c1ccc(-c2ccc(-c3nc(-c4ccc(-c5ccccc5)cc4)nc(-c4ccc(-c5ccc6nc(-c7ccccc7)c7c8ccccc8sc7c6c5)cc4)n3)cc2)cc1. The largest absolute Gasteiger partial charge is 0.247 e. The molecule has 0 amide bonds. The number of fused-ring (bicyclic) bond motifs is 5. The maximum Gasteiger partial charge on any atom is 0.164 e. The van der Waals surface area contributed by atoms with Crippen molar-refractivity contribution >= 4 is 42.4 Å². The van der Waals surface area contributed by atoms with Gasteiger partial charge in [0.2, 0.25) is 0 Å². The van der Waals surface area contributed by atoms with E-state index in [0.717, 1.165) is 61.1 Å². The Morgan fingerprint density at radius 2 is 0.678 bits per heavy atom. The molecule has 0 fully saturated rings. The number of hydrogen-bond acceptors (Lipinski definition) is 5. The number of pyridine rings is 1. The molecule has 3 heterocycles. The Bertz CT molecular complexity index is 3170. The first kappa shape index (κ1) is 34.6. The van der Waals surface area contributed by atoms with E-state index in [1.807, 2.05) is 23.5 Å². The first-order valence-corrected chi connectivity index (χ1v) is 20.5. The summed E-state index contributed by atoms with van der Waals surface area (Å²) in [7, 11) is 0. The molecule has 8 aromatic carbocycles. The summed E-state index contributed by atoms with van der Waals surface area (Å²) < 4.78 is 2.52. The highest BCUT2D eigenvalue weighted by atomic mass is 32.1. The predicted molar refractivity (Wildman–Crippen MR) is 246 cm³/mol. The van der Waals surface area contributed by atoms with E-state index >= 15 is 0 Å². The molecule has 11 aromatic rings. The van der Waals surface area contributed by atoms with Crippen molar-refractivity contribution in [2.45, 2.75) is 0 Å². The molecular formula is C54H34N4S. The molecule has 0 bridgehead atoms. The van der Waals surface area contributed by atoms with Crippen LogP contribution in [0.15, 0.2) is 206 Å². The average Bonchev–Trinajstić information content (AvgIpc) is 3.72. The summed E-state index contributed by atoms with van der Waals surface area (Å²) in [5, 5.41) is 3.61. The van der Waals surface area contributed by atoms with Gasteiger partial charge in [-0.1, -0.05) is 188 Å². The van der Waals surface area contributed by atoms with Gasteiger partial charge in [-0.25, -0.2) is 19.9 Å². The third-order valence-electron chi connectivity index (χ3n) is 11.0. The van der Waals surface area contributed by atoms with Gasteiger partial charge in [0, 0.05) is 47.8 Å². The third-order valence-corrected chi connectivity index (χ3v) is 12.2. The van der Waals surface area contributed by atoms with Crippen molar-refractivity contribution in [3.05, 3.63) is 206 Å². The summed E-state index contributed by atoms with van der Waals surface area (Å²) in [5.41, 5.74) is 12.8. The molecule has 0 N–H and O–H groups in total. The number of nitrogens with zero attached hydrogens (tertiary/aromatic N) is 4. The molecular weight excluding hydrogens is 737 g/mol. The van der Waals surface area contributed by atoms with Crippen LogP contribution in [0.3, 0.4) is 0 Å². The minimum atomic E-state index is 0.624. The minimum absolute atomic E-state index is 0.624. The predicted octanol–water partition coefficient (Wildman–Crippen LogP) is 14.5. The van der Waals surface area contributed by atoms with Gasteiger partial charge in [0.25, 0.3) is 0 Å². The van der Waals surface area contributed by atoms with Crippen molar-refractivity contribution in [1.82, 2.24) is 19.9 Å². The van der Waals surface area contributed by atoms with E-state index in [1.165, 1.54) is 31.3 Å². The summed E-state index contributed by atoms with van der Waals surface area (Å²) in [6.45, 7) is 0. The molecule has 0 saturated heterocycles. The molecule has 5 heteroatoms. The van der Waals surface area contributed by atoms with Gasteiger partial charge in [0.15, 0.2) is 17.5 Å². The smallest absolute Gasteiger partial charge is 0.164 e. The van der Waals surface area contributed by atoms with E-state index < -0.39 is 0 Å². The van der Waals surface area contributed by atoms with Crippen LogP contribution in [0, 0.1) is 0 Å². The van der Waals surface area contributed by atoms with Crippen molar-refractivity contribution in [3.8, 4) is 78.8 Å². The lowest BCUT2D eigenvalue weighted by Gasteiger charge is -2.11. The van der Waals surface area contributed by atoms with Crippen LogP contribution in [0.1, 0.15) is 0 Å². The van der Waals surface area contributed by atoms with E-state index in [0.29, 0.717) is 17.5 Å². The van der Waals surface area contributed by atoms with Crippen LogP contribution in [0.4, 0.5) is 0 Å². The van der Waals surface area contributed by atoms with Gasteiger partial charge in [-0.3, -0.25) is 0 Å². The number of hydrogen-bond donors (Lipinski definition) is 0. The Morgan fingerprint density at radius 3 is 1.19 bits per heavy atom. The summed E-state index contributed by atoms with van der Waals surface area (Å²) in [6, 6.07) is 72.1. The lowest BCUT2D eigenvalue weighted by atomic mass is 9.99. The molecule has 0 unspecified atom stereocenters. The summed E-state index contributed by atoms with van der Waals surface area (Å²) in [5.74, 6) is 1.88. The van der Waals surface area contributed by atoms with Gasteiger partial charge in [-0.2, -0.15) is 0 Å². The van der Waals surface area contributed by atoms with Crippen LogP contribution in [0.5, 0.6) is 0 Å². The molecule has 0 atom stereocenters. The Labute approximate surface area is 345 Å². The highest BCUT2D eigenvalue weighted by Gasteiger charge is 2.18. The zero-order valence-corrected chi connectivity index (χ0v) is 32.6. The van der Waals surface area contributed by atoms with Gasteiger partial charge in [0.05, 0.1) is 11.2 Å². The van der Waals surface area contributed by atoms with Crippen molar-refractivity contribution in [3.63, 3.8) is 0 Å². The van der Waals surface area contributed by atoms with Crippen LogP contribution in [-0.4, -0.2) is 19.9 Å². The third kappa shape index (κ3) is 6.54. The Hall–Kier alpha value is -7.60. The van der Waals surface area contributed by atoms with Gasteiger partial charge >= 0.3 is 0 Å². The van der Waals surface area contributed by atoms with E-state index in [-0.39, 0.29) is 0 Å². The first-order chi connectivity index (χ1) is 29.2. The van der Waals surface area contributed by atoms with Crippen molar-refractivity contribution < 1.29 is 0 Å². The van der Waals surface area contributed by atoms with Gasteiger partial charge in [0.1, 0.15) is 0 Å². The Morgan fingerprint density at radius 1 is 0.288 bits per heavy atom. The number of thiophene rings is 1. The van der Waals surface area contributed by atoms with Crippen LogP contribution in [-0.2, 0) is 0 Å². The van der Waals surface area contributed by atoms with E-state index in [2.05, 4.69) is 194 Å². The quantitative estimate of drug-likeness (QED) is 0.162. The lowest BCUT2D eigenvalue weighted by Crippen LogP contribution is -2.00. The zero-order valence-electron chi connectivity index (χ0n) is 31.8. The van der Waals surface area contributed by atoms with E-state index in [9.17, 15) is 0 Å². The normalized spacial score (nSPS) is 11.4. The maximum absolute atomic E-state index is 5.28. The lowest BCUT2D eigenvalue weighted by molar-refractivity contribution is 1.07. The topological polar surface area (TPSA) is 51.6 Å². The highest BCUT2D eigenvalue weighted by molar-refractivity contribution is 7.26. The fourth-order valence-corrected chi connectivity index (χ4v) is 9.13. The Balaban J connectivity index is 0.984. The van der Waals surface area contributed by atoms with Crippen LogP contribution < -0.4 is 0 Å². The summed E-state index contributed by atoms with van der Waals surface area (Å²) in [4.78, 5) is 20.5. The molecule has 0 spiro atoms. The van der Waals surface area contributed by atoms with Crippen molar-refractivity contribution in [2.75, 3.05) is 0 Å². The molecule has 59 heavy (non-hydrogen) atoms.